The van der Waals surface area contributed by atoms with E-state index in [1.54, 1.807) is 0 Å². The molecule has 2 N–H and O–H groups in total. The Labute approximate surface area is 100 Å². The zero-order chi connectivity index (χ0) is 13.3. The Hall–Kier alpha value is -2.31. The second-order valence-electron chi connectivity index (χ2n) is 3.40. The molecule has 0 aliphatic heterocycles. The maximum Gasteiger partial charge on any atom is 0.257 e. The molecule has 0 saturated carbocycles. The van der Waals surface area contributed by atoms with Gasteiger partial charge in [0.2, 0.25) is 0 Å². The molecule has 94 valence electrons. The van der Waals surface area contributed by atoms with Gasteiger partial charge in [0.1, 0.15) is 0 Å². The number of methoxy groups -OCH3 is 1. The summed E-state index contributed by atoms with van der Waals surface area (Å²) in [4.78, 5) is 7.67. The number of hydrogen-bond donors (Lipinski definition) is 1. The lowest BCUT2D eigenvalue weighted by atomic mass is 10.1. The van der Waals surface area contributed by atoms with Gasteiger partial charge in [0.05, 0.1) is 19.0 Å². The topological polar surface area (TPSA) is 61.0 Å². The van der Waals surface area contributed by atoms with Crippen LogP contribution in [0.25, 0.3) is 11.3 Å². The number of rotatable bonds is 2. The van der Waals surface area contributed by atoms with Gasteiger partial charge in [-0.15, -0.1) is 0 Å². The number of halogens is 3. The highest BCUT2D eigenvalue weighted by molar-refractivity contribution is 5.60. The molecule has 0 aliphatic carbocycles. The first-order valence-electron chi connectivity index (χ1n) is 4.84. The summed E-state index contributed by atoms with van der Waals surface area (Å²) in [5, 5.41) is 0. The molecule has 0 amide bonds. The summed E-state index contributed by atoms with van der Waals surface area (Å²) in [6.45, 7) is 0. The Morgan fingerprint density at radius 2 is 1.78 bits per heavy atom. The van der Waals surface area contributed by atoms with E-state index in [0.29, 0.717) is 0 Å². The molecule has 0 aliphatic rings. The Balaban J connectivity index is 2.55. The first-order chi connectivity index (χ1) is 8.52. The molecule has 0 bridgehead atoms. The van der Waals surface area contributed by atoms with Crippen molar-refractivity contribution in [2.75, 3.05) is 12.8 Å². The van der Waals surface area contributed by atoms with E-state index in [4.69, 9.17) is 10.5 Å². The van der Waals surface area contributed by atoms with Gasteiger partial charge in [0.15, 0.2) is 23.3 Å². The van der Waals surface area contributed by atoms with Crippen molar-refractivity contribution in [3.63, 3.8) is 0 Å². The lowest BCUT2D eigenvalue weighted by Crippen LogP contribution is -2.00. The van der Waals surface area contributed by atoms with Gasteiger partial charge < -0.3 is 10.5 Å². The van der Waals surface area contributed by atoms with Gasteiger partial charge in [-0.05, 0) is 12.1 Å². The van der Waals surface area contributed by atoms with Crippen LogP contribution in [0.2, 0.25) is 0 Å². The molecule has 0 spiro atoms. The summed E-state index contributed by atoms with van der Waals surface area (Å²) in [7, 11) is 1.33. The highest BCUT2D eigenvalue weighted by Gasteiger charge is 2.14. The molecule has 1 aromatic heterocycles. The number of hydrogen-bond acceptors (Lipinski definition) is 4. The minimum Gasteiger partial charge on any atom is -0.478 e. The average molecular weight is 255 g/mol. The zero-order valence-corrected chi connectivity index (χ0v) is 9.25. The summed E-state index contributed by atoms with van der Waals surface area (Å²) >= 11 is 0. The van der Waals surface area contributed by atoms with Crippen LogP contribution in [-0.4, -0.2) is 17.1 Å². The molecule has 4 nitrogen and oxygen atoms in total. The smallest absolute Gasteiger partial charge is 0.257 e. The fourth-order valence-electron chi connectivity index (χ4n) is 1.37. The Morgan fingerprint density at radius 1 is 1.17 bits per heavy atom. The van der Waals surface area contributed by atoms with Gasteiger partial charge in [-0.2, -0.15) is 0 Å². The normalized spacial score (nSPS) is 10.4. The third kappa shape index (κ3) is 2.06. The second kappa shape index (κ2) is 4.52. The van der Waals surface area contributed by atoms with Crippen molar-refractivity contribution in [3.05, 3.63) is 35.8 Å². The number of anilines is 1. The summed E-state index contributed by atoms with van der Waals surface area (Å²) in [6.07, 6.45) is 1.21. The summed E-state index contributed by atoms with van der Waals surface area (Å²) in [5.41, 5.74) is 5.62. The van der Waals surface area contributed by atoms with Crippen molar-refractivity contribution in [3.8, 4) is 17.1 Å². The predicted molar refractivity (Wildman–Crippen MR) is 58.3 cm³/mol. The molecule has 0 radical (unpaired) electrons. The maximum absolute atomic E-state index is 13.1. The van der Waals surface area contributed by atoms with Gasteiger partial charge in [-0.1, -0.05) is 0 Å². The first-order valence-corrected chi connectivity index (χ1v) is 4.84. The maximum atomic E-state index is 13.1. The van der Waals surface area contributed by atoms with E-state index in [9.17, 15) is 13.2 Å². The molecule has 2 rings (SSSR count). The Bertz CT molecular complexity index is 581. The van der Waals surface area contributed by atoms with Crippen molar-refractivity contribution in [2.24, 2.45) is 0 Å². The Kier molecular flexibility index (Phi) is 3.05. The molecule has 1 aromatic carbocycles. The van der Waals surface area contributed by atoms with Crippen LogP contribution in [0.5, 0.6) is 5.88 Å². The minimum atomic E-state index is -1.53. The van der Waals surface area contributed by atoms with E-state index in [1.807, 2.05) is 0 Å². The molecule has 0 fully saturated rings. The highest BCUT2D eigenvalue weighted by atomic mass is 19.2. The number of nitrogen functional groups attached to an aromatic ring is 1. The van der Waals surface area contributed by atoms with Gasteiger partial charge in [-0.3, -0.25) is 0 Å². The first kappa shape index (κ1) is 12.2. The van der Waals surface area contributed by atoms with Crippen LogP contribution < -0.4 is 10.5 Å². The molecule has 18 heavy (non-hydrogen) atoms. The third-order valence-electron chi connectivity index (χ3n) is 2.24. The van der Waals surface area contributed by atoms with Crippen LogP contribution in [0.4, 0.5) is 19.0 Å². The van der Waals surface area contributed by atoms with E-state index >= 15 is 0 Å². The van der Waals surface area contributed by atoms with E-state index in [-0.39, 0.29) is 23.0 Å². The predicted octanol–water partition coefficient (Wildman–Crippen LogP) is 2.15. The minimum absolute atomic E-state index is 0.0256. The summed E-state index contributed by atoms with van der Waals surface area (Å²) in [5.74, 6) is -4.07. The van der Waals surface area contributed by atoms with Crippen molar-refractivity contribution in [1.29, 1.82) is 0 Å². The van der Waals surface area contributed by atoms with E-state index < -0.39 is 17.5 Å². The van der Waals surface area contributed by atoms with Gasteiger partial charge in [0.25, 0.3) is 5.88 Å². The molecule has 0 saturated heterocycles. The monoisotopic (exact) mass is 255 g/mol. The molecule has 1 heterocycles. The standard InChI is InChI=1S/C11H8F3N3O/c1-18-11-10(15)16-4-8(17-11)5-2-6(12)9(14)7(13)3-5/h2-4H,1H3,(H2,15,16). The lowest BCUT2D eigenvalue weighted by Gasteiger charge is -2.06. The third-order valence-corrected chi connectivity index (χ3v) is 2.24. The van der Waals surface area contributed by atoms with Crippen LogP contribution in [0.15, 0.2) is 18.3 Å². The van der Waals surface area contributed by atoms with Crippen LogP contribution in [0, 0.1) is 17.5 Å². The van der Waals surface area contributed by atoms with E-state index in [1.165, 1.54) is 13.3 Å². The van der Waals surface area contributed by atoms with Gasteiger partial charge >= 0.3 is 0 Å². The Morgan fingerprint density at radius 3 is 2.33 bits per heavy atom. The van der Waals surface area contributed by atoms with Gasteiger partial charge in [-0.25, -0.2) is 23.1 Å². The highest BCUT2D eigenvalue weighted by Crippen LogP contribution is 2.25. The molecule has 0 atom stereocenters. The summed E-state index contributed by atoms with van der Waals surface area (Å²) < 4.78 is 43.8. The van der Waals surface area contributed by atoms with Crippen LogP contribution in [0.1, 0.15) is 0 Å². The van der Waals surface area contributed by atoms with E-state index in [0.717, 1.165) is 12.1 Å². The number of ether oxygens (including phenoxy) is 1. The number of nitrogens with zero attached hydrogens (tertiary/aromatic N) is 2. The molecular formula is C11H8F3N3O. The largest absolute Gasteiger partial charge is 0.478 e. The molecule has 7 heteroatoms. The van der Waals surface area contributed by atoms with E-state index in [2.05, 4.69) is 9.97 Å². The second-order valence-corrected chi connectivity index (χ2v) is 3.40. The quantitative estimate of drug-likeness (QED) is 0.835. The fourth-order valence-corrected chi connectivity index (χ4v) is 1.37. The molecule has 2 aromatic rings. The number of nitrogens with two attached hydrogens (primary N) is 1. The van der Waals surface area contributed by atoms with Crippen molar-refractivity contribution in [2.45, 2.75) is 0 Å². The molecule has 0 unspecified atom stereocenters. The summed E-state index contributed by atoms with van der Waals surface area (Å²) in [6, 6.07) is 1.64. The van der Waals surface area contributed by atoms with Gasteiger partial charge in [0, 0.05) is 5.56 Å². The van der Waals surface area contributed by atoms with Crippen molar-refractivity contribution < 1.29 is 17.9 Å². The van der Waals surface area contributed by atoms with Crippen LogP contribution >= 0.6 is 0 Å². The number of benzene rings is 1. The van der Waals surface area contributed by atoms with Crippen LogP contribution in [-0.2, 0) is 0 Å². The van der Waals surface area contributed by atoms with Crippen molar-refractivity contribution >= 4 is 5.82 Å². The number of aromatic nitrogens is 2. The lowest BCUT2D eigenvalue weighted by molar-refractivity contribution is 0.399. The molecular weight excluding hydrogens is 247 g/mol. The fraction of sp³-hybridized carbons (Fsp3) is 0.0909. The van der Waals surface area contributed by atoms with Crippen molar-refractivity contribution in [1.82, 2.24) is 9.97 Å². The SMILES string of the molecule is COc1nc(-c2cc(F)c(F)c(F)c2)cnc1N. The zero-order valence-electron chi connectivity index (χ0n) is 9.25. The van der Waals surface area contributed by atoms with Crippen LogP contribution in [0.3, 0.4) is 0 Å². The average Bonchev–Trinajstić information content (AvgIpc) is 2.36.